The van der Waals surface area contributed by atoms with Crippen LogP contribution in [-0.4, -0.2) is 8.42 Å². The van der Waals surface area contributed by atoms with Crippen LogP contribution >= 0.6 is 12.6 Å². The van der Waals surface area contributed by atoms with E-state index in [2.05, 4.69) is 22.7 Å². The van der Waals surface area contributed by atoms with Gasteiger partial charge in [0.1, 0.15) is 5.75 Å². The Morgan fingerprint density at radius 3 is 2.69 bits per heavy atom. The Kier molecular flexibility index (Phi) is 3.83. The van der Waals surface area contributed by atoms with Crippen molar-refractivity contribution in [3.63, 3.8) is 0 Å². The average molecular weight is 260 g/mol. The summed E-state index contributed by atoms with van der Waals surface area (Å²) in [5.74, 6) is 2.29. The van der Waals surface area contributed by atoms with E-state index in [1.54, 1.807) is 13.0 Å². The molecule has 0 aliphatic rings. The molecule has 0 atom stereocenters. The lowest BCUT2D eigenvalue weighted by Crippen LogP contribution is -2.03. The minimum atomic E-state index is -5.03. The molecule has 0 bridgehead atoms. The van der Waals surface area contributed by atoms with E-state index in [1.165, 1.54) is 6.07 Å². The second-order valence-corrected chi connectivity index (χ2v) is 4.53. The Hall–Kier alpha value is -1.19. The first-order valence-corrected chi connectivity index (χ1v) is 5.99. The van der Waals surface area contributed by atoms with Crippen molar-refractivity contribution in [3.05, 3.63) is 23.3 Å². The summed E-state index contributed by atoms with van der Waals surface area (Å²) in [7, 11) is -5.03. The van der Waals surface area contributed by atoms with Gasteiger partial charge in [-0.05, 0) is 24.6 Å². The molecule has 0 aliphatic carbocycles. The third-order valence-electron chi connectivity index (χ3n) is 1.89. The molecule has 0 radical (unpaired) electrons. The highest BCUT2D eigenvalue weighted by Crippen LogP contribution is 2.28. The van der Waals surface area contributed by atoms with Crippen molar-refractivity contribution in [2.24, 2.45) is 0 Å². The van der Waals surface area contributed by atoms with Crippen LogP contribution < -0.4 is 4.18 Å². The van der Waals surface area contributed by atoms with Crippen LogP contribution in [0, 0.1) is 19.3 Å². The fraction of sp³-hybridized carbons (Fsp3) is 0.200. The minimum Gasteiger partial charge on any atom is -0.358 e. The monoisotopic (exact) mass is 260 g/mol. The quantitative estimate of drug-likeness (QED) is 0.514. The third kappa shape index (κ3) is 3.43. The van der Waals surface area contributed by atoms with E-state index in [0.717, 1.165) is 0 Å². The summed E-state index contributed by atoms with van der Waals surface area (Å²) >= 11 is 4.11. The predicted octanol–water partition coefficient (Wildman–Crippen LogP) is 2.05. The maximum atomic E-state index is 12.4. The average Bonchev–Trinajstić information content (AvgIpc) is 2.11. The van der Waals surface area contributed by atoms with E-state index in [1.807, 2.05) is 0 Å². The summed E-state index contributed by atoms with van der Waals surface area (Å²) in [6.45, 7) is 1.57. The minimum absolute atomic E-state index is 0.0970. The molecule has 86 valence electrons. The smallest absolute Gasteiger partial charge is 0.358 e. The van der Waals surface area contributed by atoms with Gasteiger partial charge in [0.05, 0.1) is 0 Å². The summed E-state index contributed by atoms with van der Waals surface area (Å²) in [5.41, 5.74) is 1.07. The zero-order valence-corrected chi connectivity index (χ0v) is 10.1. The second-order valence-electron chi connectivity index (χ2n) is 3.10. The van der Waals surface area contributed by atoms with Crippen LogP contribution in [0.3, 0.4) is 0 Å². The van der Waals surface area contributed by atoms with Crippen molar-refractivity contribution in [3.8, 4) is 18.1 Å². The summed E-state index contributed by atoms with van der Waals surface area (Å²) in [6.07, 6.45) is 5.41. The van der Waals surface area contributed by atoms with Crippen LogP contribution in [-0.2, 0) is 16.9 Å². The molecular weight excluding hydrogens is 251 g/mol. The normalized spacial score (nSPS) is 10.9. The molecule has 1 rings (SSSR count). The van der Waals surface area contributed by atoms with E-state index >= 15 is 0 Å². The first-order chi connectivity index (χ1) is 7.33. The van der Waals surface area contributed by atoms with Gasteiger partial charge in [-0.2, -0.15) is 8.42 Å². The maximum Gasteiger partial charge on any atom is 0.488 e. The summed E-state index contributed by atoms with van der Waals surface area (Å²) in [6, 6.07) is 3.06. The number of halogens is 1. The van der Waals surface area contributed by atoms with Gasteiger partial charge in [-0.1, -0.05) is 3.89 Å². The van der Waals surface area contributed by atoms with Gasteiger partial charge >= 0.3 is 10.5 Å². The first kappa shape index (κ1) is 12.9. The number of thiol groups is 1. The molecule has 3 nitrogen and oxygen atoms in total. The van der Waals surface area contributed by atoms with E-state index in [9.17, 15) is 12.3 Å². The van der Waals surface area contributed by atoms with E-state index in [-0.39, 0.29) is 12.2 Å². The highest BCUT2D eigenvalue weighted by atomic mass is 32.3. The standard InChI is InChI=1S/C10H9FO3S2/c1-3-4-8-5-9(14-16(11,12)13)7(2)10(15)6-8/h1,5-6,15H,4H2,2H3. The molecular formula is C10H9FO3S2. The van der Waals surface area contributed by atoms with Gasteiger partial charge in [-0.15, -0.1) is 25.0 Å². The SMILES string of the molecule is C#CCc1cc(S)c(C)c(OS(=O)(=O)F)c1. The largest absolute Gasteiger partial charge is 0.488 e. The number of hydrogen-bond donors (Lipinski definition) is 1. The van der Waals surface area contributed by atoms with Crippen molar-refractivity contribution in [1.29, 1.82) is 0 Å². The number of rotatable bonds is 3. The van der Waals surface area contributed by atoms with Crippen LogP contribution in [0.15, 0.2) is 17.0 Å². The van der Waals surface area contributed by atoms with E-state index < -0.39 is 10.5 Å². The lowest BCUT2D eigenvalue weighted by atomic mass is 10.1. The molecule has 1 aromatic rings. The van der Waals surface area contributed by atoms with Crippen LogP contribution in [0.4, 0.5) is 3.89 Å². The van der Waals surface area contributed by atoms with Gasteiger partial charge in [0.15, 0.2) is 0 Å². The molecule has 0 aromatic heterocycles. The first-order valence-electron chi connectivity index (χ1n) is 4.23. The van der Waals surface area contributed by atoms with Crippen LogP contribution in [0.1, 0.15) is 11.1 Å². The highest BCUT2D eigenvalue weighted by molar-refractivity contribution is 7.81. The zero-order valence-electron chi connectivity index (χ0n) is 8.40. The Balaban J connectivity index is 3.22. The second kappa shape index (κ2) is 4.76. The van der Waals surface area contributed by atoms with Crippen molar-refractivity contribution in [2.75, 3.05) is 0 Å². The van der Waals surface area contributed by atoms with Crippen LogP contribution in [0.25, 0.3) is 0 Å². The Morgan fingerprint density at radius 2 is 2.19 bits per heavy atom. The summed E-state index contributed by atoms with van der Waals surface area (Å²) in [4.78, 5) is 0.492. The lowest BCUT2D eigenvalue weighted by molar-refractivity contribution is 0.438. The molecule has 0 aliphatic heterocycles. The third-order valence-corrected chi connectivity index (χ3v) is 2.73. The van der Waals surface area contributed by atoms with Crippen molar-refractivity contribution < 1.29 is 16.5 Å². The number of benzene rings is 1. The van der Waals surface area contributed by atoms with Crippen molar-refractivity contribution >= 4 is 23.1 Å². The van der Waals surface area contributed by atoms with Crippen molar-refractivity contribution in [2.45, 2.75) is 18.2 Å². The van der Waals surface area contributed by atoms with Crippen LogP contribution in [0.2, 0.25) is 0 Å². The highest BCUT2D eigenvalue weighted by Gasteiger charge is 2.14. The molecule has 0 heterocycles. The fourth-order valence-corrected chi connectivity index (χ4v) is 1.81. The number of terminal acetylenes is 1. The van der Waals surface area contributed by atoms with E-state index in [0.29, 0.717) is 16.0 Å². The molecule has 1 aromatic carbocycles. The molecule has 0 amide bonds. The molecule has 0 saturated heterocycles. The van der Waals surface area contributed by atoms with E-state index in [4.69, 9.17) is 6.42 Å². The molecule has 0 N–H and O–H groups in total. The Morgan fingerprint density at radius 1 is 1.56 bits per heavy atom. The van der Waals surface area contributed by atoms with Gasteiger partial charge in [-0.3, -0.25) is 0 Å². The van der Waals surface area contributed by atoms with Gasteiger partial charge in [0.2, 0.25) is 0 Å². The Bertz CT molecular complexity index is 544. The molecule has 0 fully saturated rings. The molecule has 0 saturated carbocycles. The molecule has 16 heavy (non-hydrogen) atoms. The van der Waals surface area contributed by atoms with Gasteiger partial charge in [0.25, 0.3) is 0 Å². The van der Waals surface area contributed by atoms with Gasteiger partial charge < -0.3 is 4.18 Å². The Labute approximate surface area is 99.5 Å². The molecule has 0 unspecified atom stereocenters. The zero-order chi connectivity index (χ0) is 12.3. The number of hydrogen-bond acceptors (Lipinski definition) is 4. The summed E-state index contributed by atoms with van der Waals surface area (Å²) < 4.78 is 37.3. The predicted molar refractivity (Wildman–Crippen MR) is 61.6 cm³/mol. The van der Waals surface area contributed by atoms with Crippen molar-refractivity contribution in [1.82, 2.24) is 0 Å². The van der Waals surface area contributed by atoms with Gasteiger partial charge in [-0.25, -0.2) is 0 Å². The van der Waals surface area contributed by atoms with Gasteiger partial charge in [0, 0.05) is 16.9 Å². The molecule has 6 heteroatoms. The van der Waals surface area contributed by atoms with Crippen LogP contribution in [0.5, 0.6) is 5.75 Å². The fourth-order valence-electron chi connectivity index (χ4n) is 1.14. The molecule has 0 spiro atoms. The lowest BCUT2D eigenvalue weighted by Gasteiger charge is -2.08. The summed E-state index contributed by atoms with van der Waals surface area (Å²) in [5, 5.41) is 0. The topological polar surface area (TPSA) is 43.4 Å². The maximum absolute atomic E-state index is 12.4.